The highest BCUT2D eigenvalue weighted by molar-refractivity contribution is 7.80. The van der Waals surface area contributed by atoms with Crippen molar-refractivity contribution in [3.63, 3.8) is 0 Å². The number of hydrogen-bond donors (Lipinski definition) is 3. The minimum atomic E-state index is 0.494. The van der Waals surface area contributed by atoms with Crippen molar-refractivity contribution in [2.45, 2.75) is 0 Å². The molecule has 3 N–H and O–H groups in total. The van der Waals surface area contributed by atoms with E-state index in [1.807, 2.05) is 30.3 Å². The van der Waals surface area contributed by atoms with Crippen LogP contribution < -0.4 is 20.9 Å². The number of fused-ring (bicyclic) bond motifs is 1. The van der Waals surface area contributed by atoms with Crippen molar-refractivity contribution in [2.75, 3.05) is 27.4 Å². The van der Waals surface area contributed by atoms with Crippen molar-refractivity contribution in [1.82, 2.24) is 16.2 Å². The molecule has 0 bridgehead atoms. The van der Waals surface area contributed by atoms with Crippen LogP contribution in [0, 0.1) is 0 Å². The molecule has 6 heteroatoms. The van der Waals surface area contributed by atoms with Crippen LogP contribution in [-0.2, 0) is 4.74 Å². The van der Waals surface area contributed by atoms with Gasteiger partial charge in [0.1, 0.15) is 5.75 Å². The summed E-state index contributed by atoms with van der Waals surface area (Å²) >= 11 is 5.15. The number of nitrogens with one attached hydrogen (secondary N) is 3. The third kappa shape index (κ3) is 4.84. The molecule has 2 rings (SSSR count). The van der Waals surface area contributed by atoms with Gasteiger partial charge in [0, 0.05) is 13.7 Å². The molecule has 0 saturated carbocycles. The van der Waals surface area contributed by atoms with Crippen LogP contribution >= 0.6 is 12.2 Å². The number of ether oxygens (including phenoxy) is 2. The van der Waals surface area contributed by atoms with Crippen molar-refractivity contribution in [3.8, 4) is 5.75 Å². The summed E-state index contributed by atoms with van der Waals surface area (Å²) in [4.78, 5) is 0. The Morgan fingerprint density at radius 3 is 2.57 bits per heavy atom. The van der Waals surface area contributed by atoms with Crippen molar-refractivity contribution in [2.24, 2.45) is 0 Å². The normalized spacial score (nSPS) is 10.2. The largest absolute Gasteiger partial charge is 0.497 e. The SMILES string of the molecule is C=C(NNC(=S)NCCOC)c1ccc2cc(OC)ccc2c1. The van der Waals surface area contributed by atoms with Crippen molar-refractivity contribution < 1.29 is 9.47 Å². The van der Waals surface area contributed by atoms with E-state index in [0.717, 1.165) is 27.8 Å². The average Bonchev–Trinajstić information content (AvgIpc) is 2.58. The summed E-state index contributed by atoms with van der Waals surface area (Å²) < 4.78 is 10.2. The highest BCUT2D eigenvalue weighted by Gasteiger charge is 2.03. The Balaban J connectivity index is 1.97. The topological polar surface area (TPSA) is 54.5 Å². The minimum absolute atomic E-state index is 0.494. The van der Waals surface area contributed by atoms with Crippen LogP contribution in [0.3, 0.4) is 0 Å². The predicted octanol–water partition coefficient (Wildman–Crippen LogP) is 2.43. The second kappa shape index (κ2) is 8.36. The fourth-order valence-corrected chi connectivity index (χ4v) is 2.21. The molecular formula is C17H21N3O2S. The zero-order valence-electron chi connectivity index (χ0n) is 13.3. The lowest BCUT2D eigenvalue weighted by atomic mass is 10.1. The second-order valence-corrected chi connectivity index (χ2v) is 5.31. The first-order valence-electron chi connectivity index (χ1n) is 7.20. The van der Waals surface area contributed by atoms with E-state index in [4.69, 9.17) is 21.7 Å². The molecule has 0 fully saturated rings. The number of hydrazine groups is 1. The van der Waals surface area contributed by atoms with Crippen molar-refractivity contribution in [1.29, 1.82) is 0 Å². The van der Waals surface area contributed by atoms with E-state index < -0.39 is 0 Å². The zero-order chi connectivity index (χ0) is 16.7. The maximum Gasteiger partial charge on any atom is 0.185 e. The van der Waals surface area contributed by atoms with Gasteiger partial charge in [0.2, 0.25) is 0 Å². The highest BCUT2D eigenvalue weighted by atomic mass is 32.1. The first kappa shape index (κ1) is 17.1. The van der Waals surface area contributed by atoms with E-state index in [9.17, 15) is 0 Å². The minimum Gasteiger partial charge on any atom is -0.497 e. The van der Waals surface area contributed by atoms with Gasteiger partial charge in [0.25, 0.3) is 0 Å². The van der Waals surface area contributed by atoms with Crippen molar-refractivity contribution >= 4 is 33.8 Å². The van der Waals surface area contributed by atoms with E-state index in [1.165, 1.54) is 0 Å². The first-order valence-corrected chi connectivity index (χ1v) is 7.60. The molecule has 0 radical (unpaired) electrons. The molecule has 122 valence electrons. The Hall–Kier alpha value is -2.31. The summed E-state index contributed by atoms with van der Waals surface area (Å²) in [6.45, 7) is 5.26. The fourth-order valence-electron chi connectivity index (χ4n) is 2.05. The fraction of sp³-hybridized carbons (Fsp3) is 0.235. The Bertz CT molecular complexity index is 703. The third-order valence-corrected chi connectivity index (χ3v) is 3.56. The maximum atomic E-state index is 5.24. The van der Waals surface area contributed by atoms with Gasteiger partial charge in [-0.1, -0.05) is 24.8 Å². The van der Waals surface area contributed by atoms with Gasteiger partial charge >= 0.3 is 0 Å². The summed E-state index contributed by atoms with van der Waals surface area (Å²) in [5.74, 6) is 0.844. The Labute approximate surface area is 141 Å². The molecule has 0 atom stereocenters. The van der Waals surface area contributed by atoms with E-state index in [0.29, 0.717) is 18.3 Å². The maximum absolute atomic E-state index is 5.24. The molecule has 0 saturated heterocycles. The van der Waals surface area contributed by atoms with Crippen LogP contribution in [0.2, 0.25) is 0 Å². The Morgan fingerprint density at radius 2 is 1.83 bits per heavy atom. The summed E-state index contributed by atoms with van der Waals surface area (Å²) in [5.41, 5.74) is 7.62. The number of methoxy groups -OCH3 is 2. The number of hydrogen-bond acceptors (Lipinski definition) is 4. The quantitative estimate of drug-likeness (QED) is 0.412. The molecule has 0 heterocycles. The standard InChI is InChI=1S/C17H21N3O2S/c1-12(19-20-17(23)18-8-9-21-2)13-4-5-15-11-16(22-3)7-6-14(15)10-13/h4-7,10-11,19H,1,8-9H2,2-3H3,(H2,18,20,23). The van der Waals surface area contributed by atoms with Crippen LogP contribution in [-0.4, -0.2) is 32.5 Å². The van der Waals surface area contributed by atoms with Gasteiger partial charge < -0.3 is 14.8 Å². The molecule has 0 aliphatic heterocycles. The summed E-state index contributed by atoms with van der Waals surface area (Å²) in [7, 11) is 3.31. The molecule has 0 spiro atoms. The van der Waals surface area contributed by atoms with E-state index in [2.05, 4.69) is 28.8 Å². The number of benzene rings is 2. The van der Waals surface area contributed by atoms with Crippen LogP contribution in [0.4, 0.5) is 0 Å². The third-order valence-electron chi connectivity index (χ3n) is 3.31. The molecule has 2 aromatic carbocycles. The molecule has 0 aliphatic carbocycles. The summed E-state index contributed by atoms with van der Waals surface area (Å²) in [5, 5.41) is 5.74. The van der Waals surface area contributed by atoms with Gasteiger partial charge in [0.15, 0.2) is 5.11 Å². The summed E-state index contributed by atoms with van der Waals surface area (Å²) in [6, 6.07) is 12.1. The molecule has 0 unspecified atom stereocenters. The monoisotopic (exact) mass is 331 g/mol. The average molecular weight is 331 g/mol. The molecule has 2 aromatic rings. The van der Waals surface area contributed by atoms with Gasteiger partial charge in [-0.25, -0.2) is 0 Å². The van der Waals surface area contributed by atoms with Crippen LogP contribution in [0.15, 0.2) is 43.0 Å². The first-order chi connectivity index (χ1) is 11.1. The molecule has 0 amide bonds. The zero-order valence-corrected chi connectivity index (χ0v) is 14.1. The molecule has 23 heavy (non-hydrogen) atoms. The van der Waals surface area contributed by atoms with Gasteiger partial charge in [-0.2, -0.15) is 0 Å². The second-order valence-electron chi connectivity index (χ2n) is 4.91. The number of thiocarbonyl (C=S) groups is 1. The van der Waals surface area contributed by atoms with Crippen LogP contribution in [0.5, 0.6) is 5.75 Å². The van der Waals surface area contributed by atoms with Gasteiger partial charge in [-0.15, -0.1) is 0 Å². The molecular weight excluding hydrogens is 310 g/mol. The molecule has 5 nitrogen and oxygen atoms in total. The van der Waals surface area contributed by atoms with E-state index in [-0.39, 0.29) is 0 Å². The Morgan fingerprint density at radius 1 is 1.09 bits per heavy atom. The van der Waals surface area contributed by atoms with E-state index >= 15 is 0 Å². The lowest BCUT2D eigenvalue weighted by Gasteiger charge is -2.14. The van der Waals surface area contributed by atoms with Crippen LogP contribution in [0.25, 0.3) is 16.5 Å². The summed E-state index contributed by atoms with van der Waals surface area (Å²) in [6.07, 6.45) is 0. The molecule has 0 aromatic heterocycles. The number of rotatable bonds is 7. The lowest BCUT2D eigenvalue weighted by molar-refractivity contribution is 0.204. The van der Waals surface area contributed by atoms with Crippen LogP contribution in [0.1, 0.15) is 5.56 Å². The van der Waals surface area contributed by atoms with E-state index in [1.54, 1.807) is 14.2 Å². The van der Waals surface area contributed by atoms with Gasteiger partial charge in [-0.05, 0) is 46.8 Å². The lowest BCUT2D eigenvalue weighted by Crippen LogP contribution is -2.43. The predicted molar refractivity (Wildman–Crippen MR) is 98.3 cm³/mol. The van der Waals surface area contributed by atoms with Gasteiger partial charge in [0.05, 0.1) is 19.4 Å². The highest BCUT2D eigenvalue weighted by Crippen LogP contribution is 2.23. The smallest absolute Gasteiger partial charge is 0.185 e. The van der Waals surface area contributed by atoms with Gasteiger partial charge in [-0.3, -0.25) is 10.9 Å². The molecule has 0 aliphatic rings. The van der Waals surface area contributed by atoms with Crippen molar-refractivity contribution in [3.05, 3.63) is 48.5 Å². The Kier molecular flexibility index (Phi) is 6.19.